The van der Waals surface area contributed by atoms with Crippen LogP contribution in [0.1, 0.15) is 15.9 Å². The van der Waals surface area contributed by atoms with Crippen molar-refractivity contribution in [3.05, 3.63) is 64.7 Å². The molecule has 9 heteroatoms. The number of aromatic carboxylic acids is 1. The van der Waals surface area contributed by atoms with Crippen molar-refractivity contribution >= 4 is 33.6 Å². The zero-order chi connectivity index (χ0) is 18.6. The van der Waals surface area contributed by atoms with Gasteiger partial charge in [-0.15, -0.1) is 0 Å². The second kappa shape index (κ2) is 7.64. The van der Waals surface area contributed by atoms with Crippen LogP contribution in [0.4, 0.5) is 0 Å². The Balaban J connectivity index is 2.30. The Morgan fingerprint density at radius 1 is 1.08 bits per heavy atom. The molecule has 0 aliphatic heterocycles. The summed E-state index contributed by atoms with van der Waals surface area (Å²) in [5.41, 5.74) is 0.249. The first-order valence-corrected chi connectivity index (χ1v) is 8.89. The van der Waals surface area contributed by atoms with Crippen LogP contribution in [0.15, 0.2) is 53.4 Å². The highest BCUT2D eigenvalue weighted by atomic mass is 35.5. The number of benzene rings is 2. The molecule has 132 valence electrons. The Morgan fingerprint density at radius 2 is 1.72 bits per heavy atom. The molecule has 2 aromatic carbocycles. The van der Waals surface area contributed by atoms with Gasteiger partial charge in [0.05, 0.1) is 15.5 Å². The van der Waals surface area contributed by atoms with Gasteiger partial charge in [0.15, 0.2) is 0 Å². The van der Waals surface area contributed by atoms with E-state index in [0.717, 1.165) is 18.2 Å². The van der Waals surface area contributed by atoms with Gasteiger partial charge >= 0.3 is 11.9 Å². The smallest absolute Gasteiger partial charge is 0.337 e. The first kappa shape index (κ1) is 18.9. The summed E-state index contributed by atoms with van der Waals surface area (Å²) in [6.45, 7) is 0. The van der Waals surface area contributed by atoms with Crippen molar-refractivity contribution in [2.75, 3.05) is 0 Å². The molecule has 0 heterocycles. The molecule has 2 aromatic rings. The Bertz CT molecular complexity index is 898. The summed E-state index contributed by atoms with van der Waals surface area (Å²) in [6, 6.07) is 10.2. The number of halogens is 1. The third-order valence-electron chi connectivity index (χ3n) is 3.36. The highest BCUT2D eigenvalue weighted by Crippen LogP contribution is 2.21. The van der Waals surface area contributed by atoms with Gasteiger partial charge in [-0.05, 0) is 30.2 Å². The van der Waals surface area contributed by atoms with Crippen LogP contribution in [0.5, 0.6) is 0 Å². The zero-order valence-corrected chi connectivity index (χ0v) is 14.3. The second-order valence-electron chi connectivity index (χ2n) is 5.15. The van der Waals surface area contributed by atoms with Gasteiger partial charge in [-0.1, -0.05) is 41.9 Å². The summed E-state index contributed by atoms with van der Waals surface area (Å²) in [7, 11) is -4.25. The lowest BCUT2D eigenvalue weighted by molar-refractivity contribution is -0.138. The van der Waals surface area contributed by atoms with Crippen molar-refractivity contribution < 1.29 is 28.2 Å². The number of carboxylic acids is 2. The van der Waals surface area contributed by atoms with Crippen molar-refractivity contribution in [3.63, 3.8) is 0 Å². The van der Waals surface area contributed by atoms with Gasteiger partial charge in [0.25, 0.3) is 0 Å². The number of hydrogen-bond acceptors (Lipinski definition) is 4. The van der Waals surface area contributed by atoms with Gasteiger partial charge in [0, 0.05) is 0 Å². The average Bonchev–Trinajstić information content (AvgIpc) is 2.54. The summed E-state index contributed by atoms with van der Waals surface area (Å²) >= 11 is 5.71. The molecule has 0 bridgehead atoms. The lowest BCUT2D eigenvalue weighted by atomic mass is 10.1. The van der Waals surface area contributed by atoms with Gasteiger partial charge in [-0.3, -0.25) is 4.79 Å². The standard InChI is InChI=1S/C16H14ClNO6S/c17-13-7-6-11(9-12(13)15(19)20)25(23,24)18-14(16(21)22)8-10-4-2-1-3-5-10/h1-7,9,14,18H,8H2,(H,19,20)(H,21,22). The molecular formula is C16H14ClNO6S. The van der Waals surface area contributed by atoms with Gasteiger partial charge in [-0.2, -0.15) is 4.72 Å². The molecule has 0 saturated carbocycles. The number of hydrogen-bond donors (Lipinski definition) is 3. The summed E-state index contributed by atoms with van der Waals surface area (Å²) in [5.74, 6) is -2.74. The fourth-order valence-corrected chi connectivity index (χ4v) is 3.53. The lowest BCUT2D eigenvalue weighted by Gasteiger charge is -2.15. The molecule has 25 heavy (non-hydrogen) atoms. The maximum atomic E-state index is 12.4. The van der Waals surface area contributed by atoms with Gasteiger partial charge < -0.3 is 10.2 Å². The summed E-state index contributed by atoms with van der Waals surface area (Å²) in [5, 5.41) is 18.2. The zero-order valence-electron chi connectivity index (χ0n) is 12.7. The molecule has 1 unspecified atom stereocenters. The number of carboxylic acid groups (broad SMARTS) is 2. The third kappa shape index (κ3) is 4.79. The second-order valence-corrected chi connectivity index (χ2v) is 7.27. The minimum absolute atomic E-state index is 0.0607. The van der Waals surface area contributed by atoms with E-state index in [1.54, 1.807) is 30.3 Å². The third-order valence-corrected chi connectivity index (χ3v) is 5.16. The number of nitrogens with one attached hydrogen (secondary N) is 1. The van der Waals surface area contributed by atoms with E-state index in [2.05, 4.69) is 4.72 Å². The van der Waals surface area contributed by atoms with E-state index in [1.807, 2.05) is 0 Å². The van der Waals surface area contributed by atoms with Crippen molar-refractivity contribution in [2.45, 2.75) is 17.4 Å². The van der Waals surface area contributed by atoms with Gasteiger partial charge in [0.2, 0.25) is 10.0 Å². The number of sulfonamides is 1. The van der Waals surface area contributed by atoms with E-state index in [4.69, 9.17) is 16.7 Å². The van der Waals surface area contributed by atoms with Crippen LogP contribution in [0, 0.1) is 0 Å². The quantitative estimate of drug-likeness (QED) is 0.672. The number of aliphatic carboxylic acids is 1. The van der Waals surface area contributed by atoms with Crippen molar-refractivity contribution in [2.24, 2.45) is 0 Å². The minimum atomic E-state index is -4.25. The number of carbonyl (C=O) groups is 2. The SMILES string of the molecule is O=C(O)c1cc(S(=O)(=O)NC(Cc2ccccc2)C(=O)O)ccc1Cl. The highest BCUT2D eigenvalue weighted by Gasteiger charge is 2.26. The van der Waals surface area contributed by atoms with Crippen LogP contribution in [-0.2, 0) is 21.2 Å². The molecule has 0 saturated heterocycles. The monoisotopic (exact) mass is 383 g/mol. The molecule has 0 radical (unpaired) electrons. The minimum Gasteiger partial charge on any atom is -0.480 e. The average molecular weight is 384 g/mol. The van der Waals surface area contributed by atoms with Crippen molar-refractivity contribution in [1.29, 1.82) is 0 Å². The molecule has 0 aliphatic carbocycles. The normalized spacial score (nSPS) is 12.5. The van der Waals surface area contributed by atoms with E-state index >= 15 is 0 Å². The van der Waals surface area contributed by atoms with Crippen LogP contribution < -0.4 is 4.72 Å². The van der Waals surface area contributed by atoms with Crippen LogP contribution in [0.2, 0.25) is 5.02 Å². The first-order chi connectivity index (χ1) is 11.7. The Morgan fingerprint density at radius 3 is 2.28 bits per heavy atom. The number of rotatable bonds is 7. The lowest BCUT2D eigenvalue weighted by Crippen LogP contribution is -2.42. The molecule has 0 aliphatic rings. The van der Waals surface area contributed by atoms with Gasteiger partial charge in [-0.25, -0.2) is 13.2 Å². The maximum absolute atomic E-state index is 12.4. The Labute approximate surface area is 148 Å². The molecule has 0 amide bonds. The van der Waals surface area contributed by atoms with E-state index in [0.29, 0.717) is 5.56 Å². The topological polar surface area (TPSA) is 121 Å². The Hall–Kier alpha value is -2.42. The van der Waals surface area contributed by atoms with Crippen LogP contribution in [0.25, 0.3) is 0 Å². The molecule has 0 fully saturated rings. The molecule has 7 nitrogen and oxygen atoms in total. The highest BCUT2D eigenvalue weighted by molar-refractivity contribution is 7.89. The molecule has 3 N–H and O–H groups in total. The fraction of sp³-hybridized carbons (Fsp3) is 0.125. The van der Waals surface area contributed by atoms with E-state index < -0.39 is 28.0 Å². The van der Waals surface area contributed by atoms with E-state index in [-0.39, 0.29) is 21.9 Å². The predicted octanol–water partition coefficient (Wildman–Crippen LogP) is 2.01. The predicted molar refractivity (Wildman–Crippen MR) is 90.3 cm³/mol. The van der Waals surface area contributed by atoms with E-state index in [1.165, 1.54) is 0 Å². The fourth-order valence-electron chi connectivity index (χ4n) is 2.12. The molecule has 0 spiro atoms. The Kier molecular flexibility index (Phi) is 5.78. The van der Waals surface area contributed by atoms with Crippen LogP contribution in [0.3, 0.4) is 0 Å². The first-order valence-electron chi connectivity index (χ1n) is 7.02. The maximum Gasteiger partial charge on any atom is 0.337 e. The molecule has 0 aromatic heterocycles. The van der Waals surface area contributed by atoms with Crippen LogP contribution >= 0.6 is 11.6 Å². The van der Waals surface area contributed by atoms with Gasteiger partial charge in [0.1, 0.15) is 6.04 Å². The van der Waals surface area contributed by atoms with Crippen molar-refractivity contribution in [1.82, 2.24) is 4.72 Å². The largest absolute Gasteiger partial charge is 0.480 e. The molecule has 2 rings (SSSR count). The van der Waals surface area contributed by atoms with Crippen molar-refractivity contribution in [3.8, 4) is 0 Å². The van der Waals surface area contributed by atoms with Crippen LogP contribution in [-0.4, -0.2) is 36.6 Å². The summed E-state index contributed by atoms with van der Waals surface area (Å²) in [4.78, 5) is 22.1. The molecular weight excluding hydrogens is 370 g/mol. The summed E-state index contributed by atoms with van der Waals surface area (Å²) < 4.78 is 26.9. The summed E-state index contributed by atoms with van der Waals surface area (Å²) in [6.07, 6.45) is -0.0607. The van der Waals surface area contributed by atoms with E-state index in [9.17, 15) is 23.1 Å². The molecule has 1 atom stereocenters.